The van der Waals surface area contributed by atoms with E-state index in [4.69, 9.17) is 10.7 Å². The number of para-hydroxylation sites is 1. The lowest BCUT2D eigenvalue weighted by molar-refractivity contribution is -0.125. The van der Waals surface area contributed by atoms with E-state index in [1.807, 2.05) is 18.2 Å². The van der Waals surface area contributed by atoms with Crippen LogP contribution < -0.4 is 11.1 Å². The van der Waals surface area contributed by atoms with Crippen LogP contribution in [0, 0.1) is 5.41 Å². The molecule has 4 rings (SSSR count). The zero-order valence-electron chi connectivity index (χ0n) is 14.9. The van der Waals surface area contributed by atoms with Crippen molar-refractivity contribution in [2.75, 3.05) is 5.32 Å². The molecule has 1 aliphatic carbocycles. The van der Waals surface area contributed by atoms with Gasteiger partial charge in [0.1, 0.15) is 0 Å². The van der Waals surface area contributed by atoms with Crippen LogP contribution in [-0.4, -0.2) is 16.8 Å². The maximum atomic E-state index is 13.2. The Kier molecular flexibility index (Phi) is 4.66. The van der Waals surface area contributed by atoms with Crippen LogP contribution in [0.4, 0.5) is 5.69 Å². The average molecular weight is 379 g/mol. The Morgan fingerprint density at radius 2 is 1.89 bits per heavy atom. The van der Waals surface area contributed by atoms with Crippen LogP contribution in [0.25, 0.3) is 10.2 Å². The SMILES string of the molecule is NC(=O)c1cccc(NC(=O)C2(Cc3nc4ccccc4s3)CCCC2)c1. The van der Waals surface area contributed by atoms with Crippen LogP contribution in [0.3, 0.4) is 0 Å². The molecule has 0 aliphatic heterocycles. The largest absolute Gasteiger partial charge is 0.366 e. The third-order valence-electron chi connectivity index (χ3n) is 5.28. The Balaban J connectivity index is 1.58. The number of primary amides is 1. The number of nitrogens with one attached hydrogen (secondary N) is 1. The number of anilines is 1. The first kappa shape index (κ1) is 17.7. The zero-order chi connectivity index (χ0) is 18.9. The Hall–Kier alpha value is -2.73. The first-order chi connectivity index (χ1) is 13.1. The van der Waals surface area contributed by atoms with E-state index in [0.717, 1.165) is 40.9 Å². The number of carbonyl (C=O) groups excluding carboxylic acids is 2. The summed E-state index contributed by atoms with van der Waals surface area (Å²) in [4.78, 5) is 29.3. The molecule has 1 heterocycles. The van der Waals surface area contributed by atoms with Crippen LogP contribution in [-0.2, 0) is 11.2 Å². The first-order valence-electron chi connectivity index (χ1n) is 9.12. The van der Waals surface area contributed by atoms with Gasteiger partial charge in [0.2, 0.25) is 11.8 Å². The minimum absolute atomic E-state index is 0.000812. The molecular weight excluding hydrogens is 358 g/mol. The van der Waals surface area contributed by atoms with Crippen LogP contribution in [0.5, 0.6) is 0 Å². The van der Waals surface area contributed by atoms with Gasteiger partial charge in [-0.3, -0.25) is 9.59 Å². The van der Waals surface area contributed by atoms with Crippen molar-refractivity contribution in [3.05, 3.63) is 59.1 Å². The van der Waals surface area contributed by atoms with Crippen LogP contribution >= 0.6 is 11.3 Å². The molecule has 3 aromatic rings. The molecule has 138 valence electrons. The van der Waals surface area contributed by atoms with Crippen molar-refractivity contribution in [2.24, 2.45) is 11.1 Å². The van der Waals surface area contributed by atoms with Gasteiger partial charge in [-0.05, 0) is 43.2 Å². The second-order valence-corrected chi connectivity index (χ2v) is 8.25. The fourth-order valence-corrected chi connectivity index (χ4v) is 4.95. The fourth-order valence-electron chi connectivity index (χ4n) is 3.83. The monoisotopic (exact) mass is 379 g/mol. The van der Waals surface area contributed by atoms with E-state index < -0.39 is 11.3 Å². The van der Waals surface area contributed by atoms with Crippen molar-refractivity contribution in [1.82, 2.24) is 4.98 Å². The summed E-state index contributed by atoms with van der Waals surface area (Å²) in [6, 6.07) is 14.8. The number of fused-ring (bicyclic) bond motifs is 1. The van der Waals surface area contributed by atoms with E-state index in [1.54, 1.807) is 35.6 Å². The predicted octanol–water partition coefficient (Wildman–Crippen LogP) is 4.14. The van der Waals surface area contributed by atoms with Gasteiger partial charge in [0, 0.05) is 17.7 Å². The van der Waals surface area contributed by atoms with E-state index in [-0.39, 0.29) is 5.91 Å². The molecule has 2 amide bonds. The number of rotatable bonds is 5. The molecule has 0 unspecified atom stereocenters. The lowest BCUT2D eigenvalue weighted by atomic mass is 9.81. The quantitative estimate of drug-likeness (QED) is 0.699. The Morgan fingerprint density at radius 3 is 2.63 bits per heavy atom. The van der Waals surface area contributed by atoms with E-state index in [9.17, 15) is 9.59 Å². The predicted molar refractivity (Wildman–Crippen MR) is 108 cm³/mol. The molecule has 0 spiro atoms. The lowest BCUT2D eigenvalue weighted by Gasteiger charge is -2.26. The second kappa shape index (κ2) is 7.12. The highest BCUT2D eigenvalue weighted by Crippen LogP contribution is 2.43. The lowest BCUT2D eigenvalue weighted by Crippen LogP contribution is -2.35. The highest BCUT2D eigenvalue weighted by atomic mass is 32.1. The third-order valence-corrected chi connectivity index (χ3v) is 6.31. The number of nitrogens with two attached hydrogens (primary N) is 1. The molecule has 6 heteroatoms. The normalized spacial score (nSPS) is 15.7. The van der Waals surface area contributed by atoms with E-state index in [0.29, 0.717) is 17.7 Å². The number of carbonyl (C=O) groups is 2. The van der Waals surface area contributed by atoms with E-state index in [1.165, 1.54) is 0 Å². The first-order valence-corrected chi connectivity index (χ1v) is 9.93. The molecule has 0 radical (unpaired) electrons. The molecule has 1 saturated carbocycles. The molecule has 0 atom stereocenters. The van der Waals surface area contributed by atoms with Gasteiger partial charge in [-0.25, -0.2) is 4.98 Å². The standard InChI is InChI=1S/C21H21N3O2S/c22-19(25)14-6-5-7-15(12-14)23-20(26)21(10-3-4-11-21)13-18-24-16-8-1-2-9-17(16)27-18/h1-2,5-9,12H,3-4,10-11,13H2,(H2,22,25)(H,23,26). The summed E-state index contributed by atoms with van der Waals surface area (Å²) in [5, 5.41) is 4.00. The molecule has 2 aromatic carbocycles. The van der Waals surface area contributed by atoms with Gasteiger partial charge >= 0.3 is 0 Å². The highest BCUT2D eigenvalue weighted by molar-refractivity contribution is 7.18. The van der Waals surface area contributed by atoms with Gasteiger partial charge in [-0.1, -0.05) is 31.0 Å². The highest BCUT2D eigenvalue weighted by Gasteiger charge is 2.42. The maximum absolute atomic E-state index is 13.2. The molecule has 1 fully saturated rings. The molecule has 1 aliphatic rings. The van der Waals surface area contributed by atoms with Gasteiger partial charge in [0.25, 0.3) is 0 Å². The average Bonchev–Trinajstić information content (AvgIpc) is 3.29. The topological polar surface area (TPSA) is 85.1 Å². The second-order valence-electron chi connectivity index (χ2n) is 7.14. The molecule has 0 saturated heterocycles. The van der Waals surface area contributed by atoms with Gasteiger partial charge in [0.15, 0.2) is 0 Å². The van der Waals surface area contributed by atoms with Crippen molar-refractivity contribution < 1.29 is 9.59 Å². The number of hydrogen-bond donors (Lipinski definition) is 2. The molecule has 27 heavy (non-hydrogen) atoms. The summed E-state index contributed by atoms with van der Waals surface area (Å²) in [6.07, 6.45) is 4.43. The van der Waals surface area contributed by atoms with E-state index >= 15 is 0 Å². The minimum atomic E-state index is -0.504. The van der Waals surface area contributed by atoms with Crippen molar-refractivity contribution in [2.45, 2.75) is 32.1 Å². The van der Waals surface area contributed by atoms with Crippen LogP contribution in [0.15, 0.2) is 48.5 Å². The van der Waals surface area contributed by atoms with Crippen molar-refractivity contribution in [3.63, 3.8) is 0 Å². The molecule has 5 nitrogen and oxygen atoms in total. The summed E-state index contributed by atoms with van der Waals surface area (Å²) >= 11 is 1.66. The smallest absolute Gasteiger partial charge is 0.248 e. The Bertz CT molecular complexity index is 972. The molecule has 0 bridgehead atoms. The summed E-state index contributed by atoms with van der Waals surface area (Å²) in [6.45, 7) is 0. The molecule has 1 aromatic heterocycles. The van der Waals surface area contributed by atoms with Gasteiger partial charge in [0.05, 0.1) is 20.6 Å². The number of aromatic nitrogens is 1. The van der Waals surface area contributed by atoms with Gasteiger partial charge in [-0.15, -0.1) is 11.3 Å². The van der Waals surface area contributed by atoms with Crippen molar-refractivity contribution in [3.8, 4) is 0 Å². The summed E-state index contributed by atoms with van der Waals surface area (Å²) in [5.41, 5.74) is 6.87. The van der Waals surface area contributed by atoms with Gasteiger partial charge in [-0.2, -0.15) is 0 Å². The summed E-state index contributed by atoms with van der Waals surface area (Å²) in [7, 11) is 0. The fraction of sp³-hybridized carbons (Fsp3) is 0.286. The molecular formula is C21H21N3O2S. The molecule has 3 N–H and O–H groups in total. The number of amides is 2. The minimum Gasteiger partial charge on any atom is -0.366 e. The van der Waals surface area contributed by atoms with E-state index in [2.05, 4.69) is 11.4 Å². The van der Waals surface area contributed by atoms with Crippen molar-refractivity contribution >= 4 is 39.1 Å². The third kappa shape index (κ3) is 3.57. The van der Waals surface area contributed by atoms with Crippen LogP contribution in [0.2, 0.25) is 0 Å². The number of nitrogens with zero attached hydrogens (tertiary/aromatic N) is 1. The Labute approximate surface area is 161 Å². The summed E-state index contributed by atoms with van der Waals surface area (Å²) < 4.78 is 1.15. The number of thiazole rings is 1. The van der Waals surface area contributed by atoms with Crippen molar-refractivity contribution in [1.29, 1.82) is 0 Å². The van der Waals surface area contributed by atoms with Crippen LogP contribution in [0.1, 0.15) is 41.0 Å². The summed E-state index contributed by atoms with van der Waals surface area (Å²) in [5.74, 6) is -0.503. The number of hydrogen-bond acceptors (Lipinski definition) is 4. The number of benzene rings is 2. The van der Waals surface area contributed by atoms with Gasteiger partial charge < -0.3 is 11.1 Å². The Morgan fingerprint density at radius 1 is 1.11 bits per heavy atom. The zero-order valence-corrected chi connectivity index (χ0v) is 15.7. The maximum Gasteiger partial charge on any atom is 0.248 e.